The summed E-state index contributed by atoms with van der Waals surface area (Å²) in [6.07, 6.45) is 4.47. The van der Waals surface area contributed by atoms with Crippen LogP contribution in [0.5, 0.6) is 0 Å². The number of nitrogen functional groups attached to an aromatic ring is 1. The van der Waals surface area contributed by atoms with Crippen molar-refractivity contribution in [2.75, 3.05) is 11.1 Å². The second kappa shape index (κ2) is 4.24. The molecular formula is C12H18N4O. The molecule has 0 radical (unpaired) electrons. The molecule has 1 aromatic heterocycles. The molecule has 17 heavy (non-hydrogen) atoms. The van der Waals surface area contributed by atoms with Gasteiger partial charge in [-0.3, -0.25) is 4.79 Å². The maximum absolute atomic E-state index is 11.1. The van der Waals surface area contributed by atoms with E-state index in [4.69, 9.17) is 11.5 Å². The van der Waals surface area contributed by atoms with Crippen molar-refractivity contribution in [3.05, 3.63) is 17.8 Å². The zero-order valence-corrected chi connectivity index (χ0v) is 9.99. The number of nitrogens with one attached hydrogen (secondary N) is 1. The summed E-state index contributed by atoms with van der Waals surface area (Å²) in [5.74, 6) is 0.0371. The van der Waals surface area contributed by atoms with E-state index >= 15 is 0 Å². The Morgan fingerprint density at radius 2 is 2.24 bits per heavy atom. The third kappa shape index (κ3) is 2.18. The molecule has 5 N–H and O–H groups in total. The Morgan fingerprint density at radius 1 is 1.53 bits per heavy atom. The van der Waals surface area contributed by atoms with E-state index in [1.807, 2.05) is 0 Å². The van der Waals surface area contributed by atoms with Gasteiger partial charge in [-0.2, -0.15) is 0 Å². The molecule has 1 saturated carbocycles. The maximum atomic E-state index is 11.1. The fourth-order valence-electron chi connectivity index (χ4n) is 2.13. The Hall–Kier alpha value is -1.78. The minimum absolute atomic E-state index is 0.0946. The van der Waals surface area contributed by atoms with E-state index in [-0.39, 0.29) is 11.2 Å². The van der Waals surface area contributed by atoms with Crippen molar-refractivity contribution >= 4 is 17.4 Å². The number of nitrogens with two attached hydrogens (primary N) is 2. The summed E-state index contributed by atoms with van der Waals surface area (Å²) in [6, 6.07) is 3.21. The molecule has 1 aromatic rings. The highest BCUT2D eigenvalue weighted by atomic mass is 16.1. The van der Waals surface area contributed by atoms with Crippen LogP contribution >= 0.6 is 0 Å². The van der Waals surface area contributed by atoms with Crippen LogP contribution in [0.3, 0.4) is 0 Å². The van der Waals surface area contributed by atoms with Crippen LogP contribution in [0, 0.1) is 0 Å². The van der Waals surface area contributed by atoms with Crippen LogP contribution in [-0.2, 0) is 0 Å². The molecule has 0 bridgehead atoms. The Labute approximate surface area is 101 Å². The van der Waals surface area contributed by atoms with Crippen LogP contribution < -0.4 is 16.8 Å². The summed E-state index contributed by atoms with van der Waals surface area (Å²) < 4.78 is 0. The van der Waals surface area contributed by atoms with Crippen molar-refractivity contribution in [2.45, 2.75) is 38.1 Å². The molecule has 0 spiro atoms. The predicted octanol–water partition coefficient (Wildman–Crippen LogP) is 1.51. The first-order valence-electron chi connectivity index (χ1n) is 5.91. The fraction of sp³-hybridized carbons (Fsp3) is 0.500. The van der Waals surface area contributed by atoms with Crippen molar-refractivity contribution in [3.8, 4) is 0 Å². The molecule has 0 saturated heterocycles. The van der Waals surface area contributed by atoms with E-state index in [1.54, 1.807) is 12.1 Å². The molecule has 92 valence electrons. The molecule has 5 nitrogen and oxygen atoms in total. The number of nitrogens with zero attached hydrogens (tertiary/aromatic N) is 1. The molecule has 1 fully saturated rings. The summed E-state index contributed by atoms with van der Waals surface area (Å²) in [5.41, 5.74) is 11.9. The van der Waals surface area contributed by atoms with Crippen LogP contribution in [0.2, 0.25) is 0 Å². The van der Waals surface area contributed by atoms with E-state index in [0.29, 0.717) is 11.5 Å². The first kappa shape index (κ1) is 11.7. The molecule has 0 unspecified atom stereocenters. The molecule has 1 aliphatic carbocycles. The molecular weight excluding hydrogens is 216 g/mol. The van der Waals surface area contributed by atoms with Gasteiger partial charge >= 0.3 is 0 Å². The van der Waals surface area contributed by atoms with E-state index in [2.05, 4.69) is 17.2 Å². The molecule has 1 amide bonds. The zero-order chi connectivity index (χ0) is 12.5. The zero-order valence-electron chi connectivity index (χ0n) is 9.99. The number of primary amides is 1. The van der Waals surface area contributed by atoms with Gasteiger partial charge in [-0.05, 0) is 37.8 Å². The van der Waals surface area contributed by atoms with Gasteiger partial charge in [0.1, 0.15) is 5.69 Å². The number of hydrogen-bond donors (Lipinski definition) is 3. The number of carbonyl (C=O) groups excluding carboxylic acids is 1. The smallest absolute Gasteiger partial charge is 0.267 e. The minimum atomic E-state index is -0.535. The van der Waals surface area contributed by atoms with Gasteiger partial charge in [-0.25, -0.2) is 4.98 Å². The van der Waals surface area contributed by atoms with Gasteiger partial charge in [0, 0.05) is 5.54 Å². The Bertz CT molecular complexity index is 435. The Kier molecular flexibility index (Phi) is 2.92. The largest absolute Gasteiger partial charge is 0.396 e. The first-order valence-corrected chi connectivity index (χ1v) is 5.91. The van der Waals surface area contributed by atoms with Gasteiger partial charge in [0.05, 0.1) is 5.69 Å². The maximum Gasteiger partial charge on any atom is 0.267 e. The highest BCUT2D eigenvalue weighted by Crippen LogP contribution is 2.38. The highest BCUT2D eigenvalue weighted by molar-refractivity contribution is 5.91. The van der Waals surface area contributed by atoms with Gasteiger partial charge in [0.2, 0.25) is 0 Å². The lowest BCUT2D eigenvalue weighted by molar-refractivity contribution is 0.0995. The first-order chi connectivity index (χ1) is 8.06. The third-order valence-corrected chi connectivity index (χ3v) is 3.55. The summed E-state index contributed by atoms with van der Waals surface area (Å²) in [6.45, 7) is 2.14. The highest BCUT2D eigenvalue weighted by Gasteiger charge is 2.35. The Morgan fingerprint density at radius 3 is 2.71 bits per heavy atom. The topological polar surface area (TPSA) is 94.0 Å². The molecule has 1 aliphatic rings. The summed E-state index contributed by atoms with van der Waals surface area (Å²) in [4.78, 5) is 15.3. The average molecular weight is 234 g/mol. The van der Waals surface area contributed by atoms with Crippen molar-refractivity contribution < 1.29 is 4.79 Å². The van der Waals surface area contributed by atoms with Crippen LogP contribution in [0.4, 0.5) is 11.5 Å². The fourth-order valence-corrected chi connectivity index (χ4v) is 2.13. The number of anilines is 2. The second-order valence-electron chi connectivity index (χ2n) is 4.61. The molecule has 0 aromatic carbocycles. The lowest BCUT2D eigenvalue weighted by Crippen LogP contribution is -2.44. The summed E-state index contributed by atoms with van der Waals surface area (Å²) in [7, 11) is 0. The number of rotatable bonds is 4. The number of pyridine rings is 1. The number of amides is 1. The number of carbonyl (C=O) groups is 1. The molecule has 5 heteroatoms. The molecule has 1 heterocycles. The number of aromatic nitrogens is 1. The lowest BCUT2D eigenvalue weighted by Gasteiger charge is -2.42. The monoisotopic (exact) mass is 234 g/mol. The third-order valence-electron chi connectivity index (χ3n) is 3.55. The van der Waals surface area contributed by atoms with Crippen LogP contribution in [0.1, 0.15) is 43.1 Å². The quantitative estimate of drug-likeness (QED) is 0.736. The van der Waals surface area contributed by atoms with Crippen LogP contribution in [0.25, 0.3) is 0 Å². The summed E-state index contributed by atoms with van der Waals surface area (Å²) >= 11 is 0. The SMILES string of the molecule is CCC1(Nc2nc(C(N)=O)ccc2N)CCC1. The van der Waals surface area contributed by atoms with Gasteiger partial charge in [0.15, 0.2) is 5.82 Å². The van der Waals surface area contributed by atoms with Gasteiger partial charge in [-0.15, -0.1) is 0 Å². The molecule has 0 atom stereocenters. The normalized spacial score (nSPS) is 17.2. The van der Waals surface area contributed by atoms with Crippen molar-refractivity contribution in [3.63, 3.8) is 0 Å². The molecule has 0 aliphatic heterocycles. The molecule has 2 rings (SSSR count). The predicted molar refractivity (Wildman–Crippen MR) is 67.7 cm³/mol. The van der Waals surface area contributed by atoms with E-state index in [1.165, 1.54) is 6.42 Å². The van der Waals surface area contributed by atoms with Gasteiger partial charge in [0.25, 0.3) is 5.91 Å². The Balaban J connectivity index is 2.25. The average Bonchev–Trinajstić information content (AvgIpc) is 2.25. The van der Waals surface area contributed by atoms with E-state index < -0.39 is 5.91 Å². The van der Waals surface area contributed by atoms with Crippen molar-refractivity contribution in [1.82, 2.24) is 4.98 Å². The standard InChI is InChI=1S/C12H18N4O/c1-2-12(6-3-7-12)16-11-8(13)4-5-9(15-11)10(14)17/h4-5H,2-3,6-7,13H2,1H3,(H2,14,17)(H,15,16). The minimum Gasteiger partial charge on any atom is -0.396 e. The van der Waals surface area contributed by atoms with Crippen LogP contribution in [0.15, 0.2) is 12.1 Å². The van der Waals surface area contributed by atoms with E-state index in [9.17, 15) is 4.79 Å². The van der Waals surface area contributed by atoms with E-state index in [0.717, 1.165) is 19.3 Å². The van der Waals surface area contributed by atoms with Crippen LogP contribution in [-0.4, -0.2) is 16.4 Å². The lowest BCUT2D eigenvalue weighted by atomic mass is 9.75. The second-order valence-corrected chi connectivity index (χ2v) is 4.61. The van der Waals surface area contributed by atoms with Gasteiger partial charge < -0.3 is 16.8 Å². The van der Waals surface area contributed by atoms with Crippen molar-refractivity contribution in [2.24, 2.45) is 5.73 Å². The number of hydrogen-bond acceptors (Lipinski definition) is 4. The summed E-state index contributed by atoms with van der Waals surface area (Å²) in [5, 5.41) is 3.36. The van der Waals surface area contributed by atoms with Crippen molar-refractivity contribution in [1.29, 1.82) is 0 Å². The van der Waals surface area contributed by atoms with Gasteiger partial charge in [-0.1, -0.05) is 6.92 Å².